The van der Waals surface area contributed by atoms with E-state index in [1.54, 1.807) is 21.1 Å². The number of anilines is 1. The number of benzene rings is 1. The molecule has 2 rings (SSSR count). The predicted octanol–water partition coefficient (Wildman–Crippen LogP) is 1.87. The maximum atomic E-state index is 11.9. The van der Waals surface area contributed by atoms with Crippen LogP contribution in [0.4, 0.5) is 5.13 Å². The summed E-state index contributed by atoms with van der Waals surface area (Å²) in [5.41, 5.74) is 0.885. The molecule has 1 atom stereocenters. The third kappa shape index (κ3) is 4.05. The number of nitrogens with one attached hydrogen (secondary N) is 2. The molecule has 0 aliphatic carbocycles. The van der Waals surface area contributed by atoms with Crippen molar-refractivity contribution >= 4 is 32.6 Å². The van der Waals surface area contributed by atoms with Crippen molar-refractivity contribution in [2.24, 2.45) is 0 Å². The Hall–Kier alpha value is -1.86. The molecule has 1 heterocycles. The summed E-state index contributed by atoms with van der Waals surface area (Å²) < 4.78 is 11.1. The minimum atomic E-state index is -0.357. The molecule has 7 heteroatoms. The predicted molar refractivity (Wildman–Crippen MR) is 84.1 cm³/mol. The molecule has 1 aromatic carbocycles. The Balaban J connectivity index is 2.00. The maximum Gasteiger partial charge on any atom is 0.242 e. The van der Waals surface area contributed by atoms with Gasteiger partial charge in [0.05, 0.1) is 23.9 Å². The first kappa shape index (κ1) is 15.5. The van der Waals surface area contributed by atoms with Crippen LogP contribution in [0.1, 0.15) is 6.92 Å². The lowest BCUT2D eigenvalue weighted by Crippen LogP contribution is -2.38. The minimum absolute atomic E-state index is 0.0797. The first-order valence-electron chi connectivity index (χ1n) is 6.62. The molecule has 0 aliphatic heterocycles. The first-order chi connectivity index (χ1) is 10.1. The number of ether oxygens (including phenoxy) is 2. The zero-order valence-electron chi connectivity index (χ0n) is 12.3. The number of nitrogens with zero attached hydrogens (tertiary/aromatic N) is 1. The third-order valence-corrected chi connectivity index (χ3v) is 3.88. The van der Waals surface area contributed by atoms with Gasteiger partial charge in [0.1, 0.15) is 11.8 Å². The molecule has 0 spiro atoms. The molecule has 1 amide bonds. The second kappa shape index (κ2) is 7.24. The summed E-state index contributed by atoms with van der Waals surface area (Å²) in [5.74, 6) is 0.715. The Kier molecular flexibility index (Phi) is 5.35. The van der Waals surface area contributed by atoms with Crippen molar-refractivity contribution in [2.75, 3.05) is 32.7 Å². The number of amides is 1. The fourth-order valence-electron chi connectivity index (χ4n) is 1.77. The molecule has 2 N–H and O–H groups in total. The van der Waals surface area contributed by atoms with E-state index in [-0.39, 0.29) is 11.9 Å². The summed E-state index contributed by atoms with van der Waals surface area (Å²) >= 11 is 1.49. The first-order valence-corrected chi connectivity index (χ1v) is 7.43. The van der Waals surface area contributed by atoms with Crippen LogP contribution in [0.3, 0.4) is 0 Å². The Morgan fingerprint density at radius 3 is 2.95 bits per heavy atom. The van der Waals surface area contributed by atoms with Crippen molar-refractivity contribution in [3.63, 3.8) is 0 Å². The Morgan fingerprint density at radius 1 is 1.43 bits per heavy atom. The highest BCUT2D eigenvalue weighted by Gasteiger charge is 2.14. The fourth-order valence-corrected chi connectivity index (χ4v) is 2.76. The number of hydrogen-bond donors (Lipinski definition) is 2. The van der Waals surface area contributed by atoms with E-state index in [9.17, 15) is 4.79 Å². The average molecular weight is 309 g/mol. The van der Waals surface area contributed by atoms with Crippen LogP contribution in [0, 0.1) is 0 Å². The van der Waals surface area contributed by atoms with Crippen LogP contribution in [0.2, 0.25) is 0 Å². The van der Waals surface area contributed by atoms with Gasteiger partial charge in [-0.1, -0.05) is 11.3 Å². The molecule has 0 saturated heterocycles. The van der Waals surface area contributed by atoms with Gasteiger partial charge in [-0.25, -0.2) is 4.98 Å². The molecule has 1 unspecified atom stereocenters. The van der Waals surface area contributed by atoms with Crippen LogP contribution in [-0.2, 0) is 9.53 Å². The minimum Gasteiger partial charge on any atom is -0.497 e. The highest BCUT2D eigenvalue weighted by molar-refractivity contribution is 7.22. The van der Waals surface area contributed by atoms with Crippen LogP contribution < -0.4 is 15.4 Å². The van der Waals surface area contributed by atoms with Crippen LogP contribution in [0.25, 0.3) is 10.2 Å². The summed E-state index contributed by atoms with van der Waals surface area (Å²) in [7, 11) is 3.23. The van der Waals surface area contributed by atoms with E-state index >= 15 is 0 Å². The van der Waals surface area contributed by atoms with Crippen LogP contribution in [0.15, 0.2) is 18.2 Å². The number of rotatable bonds is 7. The van der Waals surface area contributed by atoms with Gasteiger partial charge in [0.25, 0.3) is 0 Å². The van der Waals surface area contributed by atoms with Gasteiger partial charge >= 0.3 is 0 Å². The number of aromatic nitrogens is 1. The summed E-state index contributed by atoms with van der Waals surface area (Å²) in [6.07, 6.45) is 0. The fraction of sp³-hybridized carbons (Fsp3) is 0.429. The SMILES string of the molecule is COCCNC(=O)C(C)Nc1nc2ccc(OC)cc2s1. The number of thiazole rings is 1. The molecule has 0 bridgehead atoms. The Morgan fingerprint density at radius 2 is 2.24 bits per heavy atom. The van der Waals surface area contributed by atoms with E-state index in [4.69, 9.17) is 9.47 Å². The average Bonchev–Trinajstić information content (AvgIpc) is 2.88. The molecule has 6 nitrogen and oxygen atoms in total. The monoisotopic (exact) mass is 309 g/mol. The largest absolute Gasteiger partial charge is 0.497 e. The highest BCUT2D eigenvalue weighted by atomic mass is 32.1. The zero-order valence-corrected chi connectivity index (χ0v) is 13.1. The Labute approximate surface area is 127 Å². The second-order valence-corrected chi connectivity index (χ2v) is 5.53. The van der Waals surface area contributed by atoms with Crippen molar-refractivity contribution in [3.8, 4) is 5.75 Å². The van der Waals surface area contributed by atoms with Gasteiger partial charge in [0.15, 0.2) is 5.13 Å². The molecule has 0 fully saturated rings. The van der Waals surface area contributed by atoms with E-state index in [1.165, 1.54) is 11.3 Å². The number of hydrogen-bond acceptors (Lipinski definition) is 6. The van der Waals surface area contributed by atoms with E-state index in [1.807, 2.05) is 18.2 Å². The van der Waals surface area contributed by atoms with Crippen LogP contribution in [0.5, 0.6) is 5.75 Å². The lowest BCUT2D eigenvalue weighted by atomic mass is 10.3. The third-order valence-electron chi connectivity index (χ3n) is 2.93. The van der Waals surface area contributed by atoms with Crippen molar-refractivity contribution in [2.45, 2.75) is 13.0 Å². The molecule has 2 aromatic rings. The molecule has 0 aliphatic rings. The molecular weight excluding hydrogens is 290 g/mol. The summed E-state index contributed by atoms with van der Waals surface area (Å²) in [6, 6.07) is 5.34. The van der Waals surface area contributed by atoms with Crippen molar-refractivity contribution in [1.82, 2.24) is 10.3 Å². The Bertz CT molecular complexity index is 615. The van der Waals surface area contributed by atoms with Crippen LogP contribution in [-0.4, -0.2) is 44.3 Å². The maximum absolute atomic E-state index is 11.9. The number of carbonyl (C=O) groups is 1. The standard InChI is InChI=1S/C14H19N3O3S/c1-9(13(18)15-6-7-19-2)16-14-17-11-5-4-10(20-3)8-12(11)21-14/h4-5,8-9H,6-7H2,1-3H3,(H,15,18)(H,16,17). The van der Waals surface area contributed by atoms with Gasteiger partial charge in [0.2, 0.25) is 5.91 Å². The molecule has 1 aromatic heterocycles. The lowest BCUT2D eigenvalue weighted by molar-refractivity contribution is -0.121. The topological polar surface area (TPSA) is 72.5 Å². The zero-order chi connectivity index (χ0) is 15.2. The van der Waals surface area contributed by atoms with E-state index in [2.05, 4.69) is 15.6 Å². The van der Waals surface area contributed by atoms with Gasteiger partial charge in [-0.2, -0.15) is 0 Å². The normalized spacial score (nSPS) is 12.1. The molecular formula is C14H19N3O3S. The molecule has 0 radical (unpaired) electrons. The van der Waals surface area contributed by atoms with Gasteiger partial charge < -0.3 is 20.1 Å². The molecule has 114 valence electrons. The van der Waals surface area contributed by atoms with E-state index < -0.39 is 0 Å². The van der Waals surface area contributed by atoms with Crippen molar-refractivity contribution < 1.29 is 14.3 Å². The van der Waals surface area contributed by atoms with Gasteiger partial charge in [-0.3, -0.25) is 4.79 Å². The van der Waals surface area contributed by atoms with Crippen LogP contribution >= 0.6 is 11.3 Å². The number of methoxy groups -OCH3 is 2. The van der Waals surface area contributed by atoms with E-state index in [0.717, 1.165) is 16.0 Å². The number of fused-ring (bicyclic) bond motifs is 1. The lowest BCUT2D eigenvalue weighted by Gasteiger charge is -2.12. The highest BCUT2D eigenvalue weighted by Crippen LogP contribution is 2.29. The van der Waals surface area contributed by atoms with Gasteiger partial charge in [0, 0.05) is 13.7 Å². The van der Waals surface area contributed by atoms with Gasteiger partial charge in [-0.15, -0.1) is 0 Å². The summed E-state index contributed by atoms with van der Waals surface area (Å²) in [6.45, 7) is 2.80. The van der Waals surface area contributed by atoms with Gasteiger partial charge in [-0.05, 0) is 25.1 Å². The number of carbonyl (C=O) groups excluding carboxylic acids is 1. The van der Waals surface area contributed by atoms with Crippen molar-refractivity contribution in [3.05, 3.63) is 18.2 Å². The van der Waals surface area contributed by atoms with Crippen molar-refractivity contribution in [1.29, 1.82) is 0 Å². The smallest absolute Gasteiger partial charge is 0.242 e. The quantitative estimate of drug-likeness (QED) is 0.764. The summed E-state index contributed by atoms with van der Waals surface area (Å²) in [4.78, 5) is 16.3. The van der Waals surface area contributed by atoms with E-state index in [0.29, 0.717) is 18.3 Å². The molecule has 0 saturated carbocycles. The second-order valence-electron chi connectivity index (χ2n) is 4.50. The summed E-state index contributed by atoms with van der Waals surface area (Å²) in [5, 5.41) is 6.61. The molecule has 21 heavy (non-hydrogen) atoms.